The van der Waals surface area contributed by atoms with Gasteiger partial charge in [-0.25, -0.2) is 4.98 Å². The van der Waals surface area contributed by atoms with Gasteiger partial charge >= 0.3 is 0 Å². The van der Waals surface area contributed by atoms with Crippen molar-refractivity contribution in [2.24, 2.45) is 0 Å². The topological polar surface area (TPSA) is 175 Å². The van der Waals surface area contributed by atoms with E-state index in [9.17, 15) is 4.79 Å². The van der Waals surface area contributed by atoms with E-state index in [1.54, 1.807) is 0 Å². The van der Waals surface area contributed by atoms with Crippen LogP contribution in [-0.2, 0) is 9.59 Å². The minimum atomic E-state index is -0.833. The number of fused-ring (bicyclic) bond motifs is 1. The molecule has 0 spiro atoms. The highest BCUT2D eigenvalue weighted by molar-refractivity contribution is 5.69. The predicted octanol–water partition coefficient (Wildman–Crippen LogP) is -0.590. The molecule has 2 rings (SSSR count). The van der Waals surface area contributed by atoms with Crippen molar-refractivity contribution in [2.45, 2.75) is 13.8 Å². The molecule has 19 heavy (non-hydrogen) atoms. The largest absolute Gasteiger partial charge is 0.481 e. The van der Waals surface area contributed by atoms with Crippen LogP contribution in [0.4, 0.5) is 5.95 Å². The number of carboxylic acids is 2. The molecule has 10 nitrogen and oxygen atoms in total. The van der Waals surface area contributed by atoms with Crippen molar-refractivity contribution in [2.75, 3.05) is 5.73 Å². The van der Waals surface area contributed by atoms with Crippen molar-refractivity contribution in [3.63, 3.8) is 0 Å². The SMILES string of the molecule is CC(=O)O.CC(=O)O.Nc1nc2nc[nH]c2c(=O)[nH]1. The van der Waals surface area contributed by atoms with Gasteiger partial charge in [0, 0.05) is 13.8 Å². The Hall–Kier alpha value is -2.91. The third-order valence-corrected chi connectivity index (χ3v) is 1.31. The zero-order chi connectivity index (χ0) is 15.0. The number of aliphatic carboxylic acids is 2. The summed E-state index contributed by atoms with van der Waals surface area (Å²) in [6.07, 6.45) is 1.40. The fraction of sp³-hybridized carbons (Fsp3) is 0.222. The maximum atomic E-state index is 11.0. The number of carbonyl (C=O) groups is 2. The van der Waals surface area contributed by atoms with Crippen molar-refractivity contribution in [1.29, 1.82) is 0 Å². The second-order valence-electron chi connectivity index (χ2n) is 3.09. The van der Waals surface area contributed by atoms with Gasteiger partial charge in [0.25, 0.3) is 17.5 Å². The standard InChI is InChI=1S/C5H5N5O.2C2H4O2/c6-5-9-3-2(4(11)10-5)7-1-8-3;2*1-2(3)4/h1H,(H4,6,7,8,9,10,11);2*1H3,(H,3,4). The van der Waals surface area contributed by atoms with Gasteiger partial charge in [-0.1, -0.05) is 0 Å². The minimum Gasteiger partial charge on any atom is -0.481 e. The molecule has 0 aliphatic carbocycles. The van der Waals surface area contributed by atoms with Gasteiger partial charge in [0.05, 0.1) is 6.33 Å². The first-order chi connectivity index (χ1) is 8.73. The van der Waals surface area contributed by atoms with Crippen molar-refractivity contribution >= 4 is 29.1 Å². The first-order valence-corrected chi connectivity index (χ1v) is 4.82. The number of nitrogens with one attached hydrogen (secondary N) is 2. The Morgan fingerprint density at radius 3 is 2.21 bits per heavy atom. The highest BCUT2D eigenvalue weighted by atomic mass is 16.4. The van der Waals surface area contributed by atoms with E-state index in [2.05, 4.69) is 19.9 Å². The van der Waals surface area contributed by atoms with Gasteiger partial charge in [-0.05, 0) is 0 Å². The van der Waals surface area contributed by atoms with Crippen LogP contribution in [-0.4, -0.2) is 42.1 Å². The Morgan fingerprint density at radius 2 is 1.74 bits per heavy atom. The molecule has 0 aliphatic heterocycles. The van der Waals surface area contributed by atoms with Gasteiger partial charge < -0.3 is 20.9 Å². The number of aromatic nitrogens is 4. The molecule has 0 aromatic carbocycles. The van der Waals surface area contributed by atoms with Crippen molar-refractivity contribution in [3.8, 4) is 0 Å². The van der Waals surface area contributed by atoms with E-state index in [-0.39, 0.29) is 11.5 Å². The third-order valence-electron chi connectivity index (χ3n) is 1.31. The number of hydrogen-bond donors (Lipinski definition) is 5. The minimum absolute atomic E-state index is 0.0783. The molecule has 0 fully saturated rings. The van der Waals surface area contributed by atoms with Crippen LogP contribution in [0.5, 0.6) is 0 Å². The van der Waals surface area contributed by atoms with E-state index in [0.29, 0.717) is 11.2 Å². The Kier molecular flexibility index (Phi) is 6.29. The number of rotatable bonds is 0. The summed E-state index contributed by atoms with van der Waals surface area (Å²) in [6, 6.07) is 0. The average Bonchev–Trinajstić information content (AvgIpc) is 2.63. The Bertz CT molecular complexity index is 597. The van der Waals surface area contributed by atoms with Gasteiger partial charge in [-0.2, -0.15) is 4.98 Å². The molecule has 0 saturated carbocycles. The summed E-state index contributed by atoms with van der Waals surface area (Å²) in [7, 11) is 0. The monoisotopic (exact) mass is 271 g/mol. The Balaban J connectivity index is 0.000000342. The summed E-state index contributed by atoms with van der Waals surface area (Å²) >= 11 is 0. The summed E-state index contributed by atoms with van der Waals surface area (Å²) in [5.41, 5.74) is 5.65. The van der Waals surface area contributed by atoms with Crippen LogP contribution in [0.1, 0.15) is 13.8 Å². The maximum Gasteiger partial charge on any atom is 0.300 e. The fourth-order valence-corrected chi connectivity index (χ4v) is 0.860. The molecular weight excluding hydrogens is 258 g/mol. The maximum absolute atomic E-state index is 11.0. The number of nitrogen functional groups attached to an aromatic ring is 1. The number of anilines is 1. The molecule has 0 aliphatic rings. The molecule has 0 atom stereocenters. The van der Waals surface area contributed by atoms with Crippen LogP contribution in [0, 0.1) is 0 Å². The average molecular weight is 271 g/mol. The number of aromatic amines is 2. The van der Waals surface area contributed by atoms with E-state index in [0.717, 1.165) is 13.8 Å². The lowest BCUT2D eigenvalue weighted by Crippen LogP contribution is -2.10. The number of carboxylic acid groups (broad SMARTS) is 2. The molecule has 0 bridgehead atoms. The first kappa shape index (κ1) is 16.1. The number of nitrogens with two attached hydrogens (primary N) is 1. The van der Waals surface area contributed by atoms with Crippen LogP contribution in [0.25, 0.3) is 11.2 Å². The summed E-state index contributed by atoms with van der Waals surface area (Å²) in [5.74, 6) is -1.59. The molecule has 0 saturated heterocycles. The summed E-state index contributed by atoms with van der Waals surface area (Å²) < 4.78 is 0. The fourth-order valence-electron chi connectivity index (χ4n) is 0.860. The van der Waals surface area contributed by atoms with Gasteiger partial charge in [0.15, 0.2) is 11.2 Å². The molecule has 2 aromatic rings. The molecule has 10 heteroatoms. The highest BCUT2D eigenvalue weighted by Gasteiger charge is 2.01. The molecule has 0 radical (unpaired) electrons. The smallest absolute Gasteiger partial charge is 0.300 e. The van der Waals surface area contributed by atoms with Crippen LogP contribution in [0.15, 0.2) is 11.1 Å². The summed E-state index contributed by atoms with van der Waals surface area (Å²) in [5, 5.41) is 14.8. The molecule has 6 N–H and O–H groups in total. The second kappa shape index (κ2) is 7.42. The van der Waals surface area contributed by atoms with Crippen LogP contribution in [0.3, 0.4) is 0 Å². The van der Waals surface area contributed by atoms with Crippen LogP contribution in [0.2, 0.25) is 0 Å². The van der Waals surface area contributed by atoms with E-state index in [1.165, 1.54) is 6.33 Å². The van der Waals surface area contributed by atoms with Crippen LogP contribution >= 0.6 is 0 Å². The zero-order valence-corrected chi connectivity index (χ0v) is 10.2. The Labute approximate surface area is 106 Å². The second-order valence-corrected chi connectivity index (χ2v) is 3.09. The lowest BCUT2D eigenvalue weighted by Gasteiger charge is -1.89. The summed E-state index contributed by atoms with van der Waals surface area (Å²) in [6.45, 7) is 2.17. The number of hydrogen-bond acceptors (Lipinski definition) is 6. The molecule has 0 amide bonds. The van der Waals surface area contributed by atoms with Gasteiger partial charge in [0.1, 0.15) is 0 Å². The third kappa shape index (κ3) is 7.10. The van der Waals surface area contributed by atoms with Gasteiger partial charge in [-0.15, -0.1) is 0 Å². The van der Waals surface area contributed by atoms with Crippen molar-refractivity contribution in [3.05, 3.63) is 16.7 Å². The molecule has 104 valence electrons. The highest BCUT2D eigenvalue weighted by Crippen LogP contribution is 1.98. The van der Waals surface area contributed by atoms with Crippen molar-refractivity contribution in [1.82, 2.24) is 19.9 Å². The summed E-state index contributed by atoms with van der Waals surface area (Å²) in [4.78, 5) is 41.5. The lowest BCUT2D eigenvalue weighted by molar-refractivity contribution is -0.135. The van der Waals surface area contributed by atoms with Gasteiger partial charge in [0.2, 0.25) is 5.95 Å². The van der Waals surface area contributed by atoms with E-state index < -0.39 is 11.9 Å². The van der Waals surface area contributed by atoms with Crippen molar-refractivity contribution < 1.29 is 19.8 Å². The molecular formula is C9H13N5O5. The van der Waals surface area contributed by atoms with E-state index >= 15 is 0 Å². The van der Waals surface area contributed by atoms with E-state index in [4.69, 9.17) is 25.5 Å². The normalized spacial score (nSPS) is 8.74. The number of H-pyrrole nitrogens is 2. The molecule has 2 heterocycles. The van der Waals surface area contributed by atoms with Gasteiger partial charge in [-0.3, -0.25) is 19.4 Å². The lowest BCUT2D eigenvalue weighted by atomic mass is 10.5. The van der Waals surface area contributed by atoms with E-state index in [1.807, 2.05) is 0 Å². The molecule has 2 aromatic heterocycles. The number of imidazole rings is 1. The first-order valence-electron chi connectivity index (χ1n) is 4.82. The number of nitrogens with zero attached hydrogens (tertiary/aromatic N) is 2. The Morgan fingerprint density at radius 1 is 1.26 bits per heavy atom. The van der Waals surface area contributed by atoms with Crippen LogP contribution < -0.4 is 11.3 Å². The quantitative estimate of drug-likeness (QED) is 0.422. The predicted molar refractivity (Wildman–Crippen MR) is 65.5 cm³/mol. The molecule has 0 unspecified atom stereocenters. The zero-order valence-electron chi connectivity index (χ0n) is 10.2.